The Kier molecular flexibility index (Phi) is 5.41. The summed E-state index contributed by atoms with van der Waals surface area (Å²) in [7, 11) is 0. The molecule has 2 heterocycles. The second-order valence-electron chi connectivity index (χ2n) is 4.64. The van der Waals surface area contributed by atoms with Crippen LogP contribution in [0.2, 0.25) is 0 Å². The molecule has 0 saturated carbocycles. The molecule has 5 nitrogen and oxygen atoms in total. The van der Waals surface area contributed by atoms with Gasteiger partial charge in [0, 0.05) is 38.4 Å². The van der Waals surface area contributed by atoms with Crippen molar-refractivity contribution in [3.8, 4) is 0 Å². The van der Waals surface area contributed by atoms with Gasteiger partial charge in [0.1, 0.15) is 5.65 Å². The van der Waals surface area contributed by atoms with Crippen LogP contribution < -0.4 is 10.6 Å². The summed E-state index contributed by atoms with van der Waals surface area (Å²) in [5.41, 5.74) is 2.09. The third kappa shape index (κ3) is 3.98. The van der Waals surface area contributed by atoms with E-state index in [1.54, 1.807) is 0 Å². The summed E-state index contributed by atoms with van der Waals surface area (Å²) in [6, 6.07) is 6.03. The van der Waals surface area contributed by atoms with E-state index in [1.165, 1.54) is 0 Å². The van der Waals surface area contributed by atoms with Crippen molar-refractivity contribution in [1.82, 2.24) is 20.0 Å². The van der Waals surface area contributed by atoms with Crippen LogP contribution in [0.4, 0.5) is 0 Å². The molecule has 0 aliphatic rings. The number of hydrogen-bond acceptors (Lipinski definition) is 2. The zero-order valence-corrected chi connectivity index (χ0v) is 12.3. The molecule has 20 heavy (non-hydrogen) atoms. The van der Waals surface area contributed by atoms with E-state index in [0.717, 1.165) is 49.8 Å². The highest BCUT2D eigenvalue weighted by atomic mass is 15.2. The molecule has 0 bridgehead atoms. The Labute approximate surface area is 120 Å². The van der Waals surface area contributed by atoms with Crippen LogP contribution in [0.5, 0.6) is 0 Å². The van der Waals surface area contributed by atoms with Gasteiger partial charge in [-0.15, -0.1) is 0 Å². The Morgan fingerprint density at radius 1 is 1.30 bits per heavy atom. The molecule has 2 N–H and O–H groups in total. The van der Waals surface area contributed by atoms with E-state index in [0.29, 0.717) is 0 Å². The quantitative estimate of drug-likeness (QED) is 0.624. The molecule has 0 saturated heterocycles. The number of aromatic nitrogens is 2. The highest BCUT2D eigenvalue weighted by Crippen LogP contribution is 2.04. The van der Waals surface area contributed by atoms with Crippen molar-refractivity contribution in [3.05, 3.63) is 36.3 Å². The predicted octanol–water partition coefficient (Wildman–Crippen LogP) is 1.84. The maximum absolute atomic E-state index is 4.58. The molecule has 0 amide bonds. The number of fused-ring (bicyclic) bond motifs is 1. The van der Waals surface area contributed by atoms with E-state index in [4.69, 9.17) is 0 Å². The Morgan fingerprint density at radius 3 is 2.95 bits per heavy atom. The number of rotatable bonds is 6. The van der Waals surface area contributed by atoms with Gasteiger partial charge in [-0.05, 0) is 25.5 Å². The molecule has 0 radical (unpaired) electrons. The highest BCUT2D eigenvalue weighted by Gasteiger charge is 2.01. The van der Waals surface area contributed by atoms with Crippen molar-refractivity contribution in [2.24, 2.45) is 4.99 Å². The Bertz CT molecular complexity index is 525. The van der Waals surface area contributed by atoms with E-state index in [9.17, 15) is 0 Å². The summed E-state index contributed by atoms with van der Waals surface area (Å²) < 4.78 is 2.05. The fourth-order valence-electron chi connectivity index (χ4n) is 1.98. The molecule has 2 aromatic heterocycles. The molecule has 0 atom stereocenters. The van der Waals surface area contributed by atoms with Gasteiger partial charge in [0.25, 0.3) is 0 Å². The standard InChI is InChI=1S/C15H23N5/c1-3-9-17-15(16-4-2)18-10-8-13-12-20-11-6-5-7-14(20)19-13/h5-7,11-12H,3-4,8-10H2,1-2H3,(H2,16,17,18). The number of imidazole rings is 1. The molecule has 0 aromatic carbocycles. The molecule has 0 unspecified atom stereocenters. The molecule has 108 valence electrons. The molecular weight excluding hydrogens is 250 g/mol. The Hall–Kier alpha value is -2.04. The minimum Gasteiger partial charge on any atom is -0.357 e. The van der Waals surface area contributed by atoms with Crippen molar-refractivity contribution in [3.63, 3.8) is 0 Å². The summed E-state index contributed by atoms with van der Waals surface area (Å²) in [6.45, 7) is 6.77. The zero-order chi connectivity index (χ0) is 14.2. The molecule has 0 spiro atoms. The molecule has 2 aromatic rings. The lowest BCUT2D eigenvalue weighted by Crippen LogP contribution is -2.38. The zero-order valence-electron chi connectivity index (χ0n) is 12.3. The van der Waals surface area contributed by atoms with Gasteiger partial charge in [-0.25, -0.2) is 4.98 Å². The number of hydrogen-bond donors (Lipinski definition) is 2. The van der Waals surface area contributed by atoms with E-state index in [2.05, 4.69) is 40.7 Å². The van der Waals surface area contributed by atoms with Crippen LogP contribution in [-0.4, -0.2) is 35.0 Å². The van der Waals surface area contributed by atoms with Gasteiger partial charge in [-0.3, -0.25) is 4.99 Å². The average molecular weight is 273 g/mol. The van der Waals surface area contributed by atoms with Crippen molar-refractivity contribution in [1.29, 1.82) is 0 Å². The molecule has 0 aliphatic heterocycles. The SMILES string of the molecule is CCCN=C(NCC)NCCc1cn2ccccc2n1. The molecule has 2 rings (SSSR count). The number of nitrogens with one attached hydrogen (secondary N) is 2. The number of aliphatic imine (C=N–C) groups is 1. The maximum Gasteiger partial charge on any atom is 0.191 e. The smallest absolute Gasteiger partial charge is 0.191 e. The molecule has 0 aliphatic carbocycles. The van der Waals surface area contributed by atoms with Gasteiger partial charge in [-0.1, -0.05) is 13.0 Å². The third-order valence-corrected chi connectivity index (χ3v) is 2.93. The fourth-order valence-corrected chi connectivity index (χ4v) is 1.98. The molecule has 0 fully saturated rings. The largest absolute Gasteiger partial charge is 0.357 e. The highest BCUT2D eigenvalue weighted by molar-refractivity contribution is 5.79. The van der Waals surface area contributed by atoms with Crippen LogP contribution in [0.15, 0.2) is 35.6 Å². The van der Waals surface area contributed by atoms with Crippen LogP contribution in [0.25, 0.3) is 5.65 Å². The average Bonchev–Trinajstić information content (AvgIpc) is 2.87. The topological polar surface area (TPSA) is 53.7 Å². The predicted molar refractivity (Wildman–Crippen MR) is 83.2 cm³/mol. The van der Waals surface area contributed by atoms with Crippen LogP contribution in [0.1, 0.15) is 26.0 Å². The summed E-state index contributed by atoms with van der Waals surface area (Å²) in [5.74, 6) is 0.887. The van der Waals surface area contributed by atoms with Gasteiger partial charge < -0.3 is 15.0 Å². The Morgan fingerprint density at radius 2 is 2.20 bits per heavy atom. The van der Waals surface area contributed by atoms with E-state index in [-0.39, 0.29) is 0 Å². The van der Waals surface area contributed by atoms with Crippen LogP contribution >= 0.6 is 0 Å². The van der Waals surface area contributed by atoms with Gasteiger partial charge in [0.15, 0.2) is 5.96 Å². The second-order valence-corrected chi connectivity index (χ2v) is 4.64. The summed E-state index contributed by atoms with van der Waals surface area (Å²) in [4.78, 5) is 9.06. The third-order valence-electron chi connectivity index (χ3n) is 2.93. The first-order valence-corrected chi connectivity index (χ1v) is 7.28. The molecular formula is C15H23N5. The van der Waals surface area contributed by atoms with Crippen molar-refractivity contribution in [2.75, 3.05) is 19.6 Å². The van der Waals surface area contributed by atoms with Gasteiger partial charge >= 0.3 is 0 Å². The second kappa shape index (κ2) is 7.53. The summed E-state index contributed by atoms with van der Waals surface area (Å²) in [5, 5.41) is 6.58. The first kappa shape index (κ1) is 14.4. The normalized spacial score (nSPS) is 11.8. The molecule has 5 heteroatoms. The Balaban J connectivity index is 1.87. The van der Waals surface area contributed by atoms with E-state index < -0.39 is 0 Å². The van der Waals surface area contributed by atoms with Crippen LogP contribution in [-0.2, 0) is 6.42 Å². The minimum absolute atomic E-state index is 0.833. The van der Waals surface area contributed by atoms with E-state index in [1.807, 2.05) is 28.8 Å². The van der Waals surface area contributed by atoms with Gasteiger partial charge in [0.05, 0.1) is 5.69 Å². The lowest BCUT2D eigenvalue weighted by molar-refractivity contribution is 0.786. The first-order valence-electron chi connectivity index (χ1n) is 7.28. The first-order chi connectivity index (χ1) is 9.83. The van der Waals surface area contributed by atoms with Crippen LogP contribution in [0.3, 0.4) is 0 Å². The minimum atomic E-state index is 0.833. The number of nitrogens with zero attached hydrogens (tertiary/aromatic N) is 3. The summed E-state index contributed by atoms with van der Waals surface area (Å²) >= 11 is 0. The van der Waals surface area contributed by atoms with Crippen LogP contribution in [0, 0.1) is 0 Å². The van der Waals surface area contributed by atoms with E-state index >= 15 is 0 Å². The lowest BCUT2D eigenvalue weighted by atomic mass is 10.3. The number of pyridine rings is 1. The lowest BCUT2D eigenvalue weighted by Gasteiger charge is -2.10. The maximum atomic E-state index is 4.58. The van der Waals surface area contributed by atoms with Gasteiger partial charge in [-0.2, -0.15) is 0 Å². The summed E-state index contributed by atoms with van der Waals surface area (Å²) in [6.07, 6.45) is 6.04. The monoisotopic (exact) mass is 273 g/mol. The van der Waals surface area contributed by atoms with Gasteiger partial charge in [0.2, 0.25) is 0 Å². The van der Waals surface area contributed by atoms with Crippen molar-refractivity contribution >= 4 is 11.6 Å². The van der Waals surface area contributed by atoms with Crippen molar-refractivity contribution < 1.29 is 0 Å². The number of guanidine groups is 1. The fraction of sp³-hybridized carbons (Fsp3) is 0.467. The van der Waals surface area contributed by atoms with Crippen molar-refractivity contribution in [2.45, 2.75) is 26.7 Å².